The van der Waals surface area contributed by atoms with Crippen LogP contribution in [0.1, 0.15) is 54.2 Å². The van der Waals surface area contributed by atoms with E-state index in [0.29, 0.717) is 42.3 Å². The van der Waals surface area contributed by atoms with Crippen molar-refractivity contribution in [3.05, 3.63) is 78.4 Å². The molecule has 10 heteroatoms. The third kappa shape index (κ3) is 4.56. The van der Waals surface area contributed by atoms with E-state index in [-0.39, 0.29) is 23.9 Å². The number of para-hydroxylation sites is 1. The molecule has 2 aliphatic heterocycles. The molecule has 1 aromatic carbocycles. The zero-order valence-electron chi connectivity index (χ0n) is 24.2. The Balaban J connectivity index is 1.23. The summed E-state index contributed by atoms with van der Waals surface area (Å²) in [5.74, 6) is -0.177. The monoisotopic (exact) mass is 566 g/mol. The van der Waals surface area contributed by atoms with Crippen LogP contribution in [0.4, 0.5) is 0 Å². The maximum atomic E-state index is 14.3. The summed E-state index contributed by atoms with van der Waals surface area (Å²) in [7, 11) is 1.59. The summed E-state index contributed by atoms with van der Waals surface area (Å²) >= 11 is 0. The van der Waals surface area contributed by atoms with Crippen molar-refractivity contribution in [2.24, 2.45) is 11.1 Å². The summed E-state index contributed by atoms with van der Waals surface area (Å²) in [6, 6.07) is 15.6. The van der Waals surface area contributed by atoms with Gasteiger partial charge in [0.15, 0.2) is 0 Å². The number of rotatable bonds is 6. The molecule has 3 aromatic heterocycles. The average molecular weight is 567 g/mol. The second kappa shape index (κ2) is 10.3. The van der Waals surface area contributed by atoms with Gasteiger partial charge < -0.3 is 24.8 Å². The van der Waals surface area contributed by atoms with E-state index >= 15 is 0 Å². The topological polar surface area (TPSA) is 124 Å². The van der Waals surface area contributed by atoms with E-state index in [9.17, 15) is 14.4 Å². The van der Waals surface area contributed by atoms with Crippen LogP contribution >= 0.6 is 0 Å². The Morgan fingerprint density at radius 2 is 1.71 bits per heavy atom. The number of fused-ring (bicyclic) bond motifs is 3. The highest BCUT2D eigenvalue weighted by atomic mass is 16.5. The van der Waals surface area contributed by atoms with Crippen LogP contribution in [0.3, 0.4) is 0 Å². The number of likely N-dealkylation sites (tertiary alicyclic amines) is 2. The largest absolute Gasteiger partial charge is 0.494 e. The predicted molar refractivity (Wildman–Crippen MR) is 158 cm³/mol. The molecule has 5 heterocycles. The van der Waals surface area contributed by atoms with E-state index in [1.165, 1.54) is 0 Å². The first-order valence-corrected chi connectivity index (χ1v) is 14.0. The molecule has 2 N–H and O–H groups in total. The van der Waals surface area contributed by atoms with E-state index in [0.717, 1.165) is 16.5 Å². The molecule has 216 valence electrons. The number of carbonyl (C=O) groups is 3. The Kier molecular flexibility index (Phi) is 6.71. The molecule has 0 unspecified atom stereocenters. The number of carbonyl (C=O) groups excluding carboxylic acids is 3. The molecule has 4 aromatic rings. The Hall–Kier alpha value is -4.73. The molecule has 2 bridgehead atoms. The van der Waals surface area contributed by atoms with Gasteiger partial charge in [-0.05, 0) is 48.2 Å². The normalized spacial score (nSPS) is 18.9. The highest BCUT2D eigenvalue weighted by molar-refractivity contribution is 5.99. The number of hydrogen-bond acceptors (Lipinski definition) is 6. The van der Waals surface area contributed by atoms with Gasteiger partial charge in [-0.2, -0.15) is 0 Å². The van der Waals surface area contributed by atoms with E-state index in [1.54, 1.807) is 42.3 Å². The Morgan fingerprint density at radius 3 is 2.36 bits per heavy atom. The van der Waals surface area contributed by atoms with E-state index in [1.807, 2.05) is 67.0 Å². The minimum atomic E-state index is -0.652. The maximum Gasteiger partial charge on any atom is 0.272 e. The molecule has 2 aliphatic rings. The van der Waals surface area contributed by atoms with Crippen LogP contribution < -0.4 is 10.5 Å². The number of benzene rings is 1. The minimum absolute atomic E-state index is 0.0715. The number of nitrogens with two attached hydrogens (primary N) is 1. The fourth-order valence-corrected chi connectivity index (χ4v) is 6.43. The van der Waals surface area contributed by atoms with Gasteiger partial charge in [-0.3, -0.25) is 24.4 Å². The molecule has 0 saturated carbocycles. The summed E-state index contributed by atoms with van der Waals surface area (Å²) < 4.78 is 7.20. The van der Waals surface area contributed by atoms with Crippen molar-refractivity contribution in [3.8, 4) is 17.0 Å². The van der Waals surface area contributed by atoms with Crippen LogP contribution in [0, 0.1) is 5.41 Å². The third-order valence-corrected chi connectivity index (χ3v) is 8.34. The number of aromatic nitrogens is 3. The average Bonchev–Trinajstić information content (AvgIpc) is 3.70. The third-order valence-electron chi connectivity index (χ3n) is 8.34. The lowest BCUT2D eigenvalue weighted by Gasteiger charge is -2.40. The Bertz CT molecular complexity index is 1690. The number of hydrogen-bond donors (Lipinski definition) is 1. The molecule has 6 rings (SSSR count). The molecular weight excluding hydrogens is 532 g/mol. The number of nitrogens with zero attached hydrogens (tertiary/aromatic N) is 5. The number of piperazine rings is 1. The first kappa shape index (κ1) is 27.4. The summed E-state index contributed by atoms with van der Waals surface area (Å²) in [5.41, 5.74) is 8.14. The van der Waals surface area contributed by atoms with Crippen LogP contribution in [0.15, 0.2) is 67.0 Å². The maximum absolute atomic E-state index is 14.3. The van der Waals surface area contributed by atoms with Crippen LogP contribution in [0.25, 0.3) is 22.2 Å². The van der Waals surface area contributed by atoms with Crippen LogP contribution in [-0.4, -0.2) is 74.3 Å². The number of methoxy groups -OCH3 is 1. The van der Waals surface area contributed by atoms with Gasteiger partial charge in [-0.25, -0.2) is 0 Å². The van der Waals surface area contributed by atoms with Crippen molar-refractivity contribution < 1.29 is 19.1 Å². The lowest BCUT2D eigenvalue weighted by molar-refractivity contribution is -0.140. The fraction of sp³-hybridized carbons (Fsp3) is 0.344. The molecule has 3 atom stereocenters. The lowest BCUT2D eigenvalue weighted by atomic mass is 9.85. The van der Waals surface area contributed by atoms with Crippen LogP contribution in [0.5, 0.6) is 5.75 Å². The highest BCUT2D eigenvalue weighted by Crippen LogP contribution is 2.40. The number of amides is 3. The first-order chi connectivity index (χ1) is 20.1. The Morgan fingerprint density at radius 1 is 0.976 bits per heavy atom. The first-order valence-electron chi connectivity index (χ1n) is 14.0. The second-order valence-corrected chi connectivity index (χ2v) is 12.1. The van der Waals surface area contributed by atoms with Gasteiger partial charge in [-0.1, -0.05) is 39.0 Å². The Labute approximate surface area is 244 Å². The fourth-order valence-electron chi connectivity index (χ4n) is 6.43. The highest BCUT2D eigenvalue weighted by Gasteiger charge is 2.50. The van der Waals surface area contributed by atoms with Crippen molar-refractivity contribution in [1.29, 1.82) is 0 Å². The predicted octanol–water partition coefficient (Wildman–Crippen LogP) is 3.92. The summed E-state index contributed by atoms with van der Waals surface area (Å²) in [4.78, 5) is 52.8. The molecule has 2 fully saturated rings. The zero-order valence-corrected chi connectivity index (χ0v) is 24.2. The SMILES string of the molecule is COc1cccnc1-c1ccc(C(=O)N2C[C@@H]3C[C@H]2CN3C(=O)[C@@H](n2c(C(N)=O)cc3ccccc32)C(C)(C)C)nc1. The van der Waals surface area contributed by atoms with Crippen molar-refractivity contribution in [2.45, 2.75) is 45.3 Å². The van der Waals surface area contributed by atoms with Gasteiger partial charge >= 0.3 is 0 Å². The van der Waals surface area contributed by atoms with Crippen LogP contribution in [0.2, 0.25) is 0 Å². The number of ether oxygens (including phenoxy) is 1. The summed E-state index contributed by atoms with van der Waals surface area (Å²) in [6.07, 6.45) is 4.02. The minimum Gasteiger partial charge on any atom is -0.494 e. The number of primary amides is 1. The van der Waals surface area contributed by atoms with Crippen LogP contribution in [-0.2, 0) is 4.79 Å². The molecule has 0 spiro atoms. The van der Waals surface area contributed by atoms with Gasteiger partial charge in [0.2, 0.25) is 5.91 Å². The molecule has 42 heavy (non-hydrogen) atoms. The standard InChI is InChI=1S/C32H34N6O4/c1-32(2,3)28(38-24-9-6-5-8-19(24)14-25(38)29(33)39)31(41)37-18-21-15-22(37)17-36(21)30(40)23-12-11-20(16-35-23)27-26(42-4)10-7-13-34-27/h5-14,16,21-22,28H,15,17-18H2,1-4H3,(H2,33,39)/t21-,22-,28+/m0/s1. The molecule has 0 aliphatic carbocycles. The summed E-state index contributed by atoms with van der Waals surface area (Å²) in [5, 5.41) is 0.855. The van der Waals surface area contributed by atoms with E-state index < -0.39 is 17.4 Å². The molecule has 10 nitrogen and oxygen atoms in total. The second-order valence-electron chi connectivity index (χ2n) is 12.1. The van der Waals surface area contributed by atoms with E-state index in [4.69, 9.17) is 10.5 Å². The van der Waals surface area contributed by atoms with Gasteiger partial charge in [0.05, 0.1) is 19.2 Å². The van der Waals surface area contributed by atoms with E-state index in [2.05, 4.69) is 9.97 Å². The quantitative estimate of drug-likeness (QED) is 0.377. The molecule has 2 saturated heterocycles. The smallest absolute Gasteiger partial charge is 0.272 e. The lowest BCUT2D eigenvalue weighted by Crippen LogP contribution is -2.53. The number of pyridine rings is 2. The molecular formula is C32H34N6O4. The van der Waals surface area contributed by atoms with Crippen molar-refractivity contribution in [3.63, 3.8) is 0 Å². The van der Waals surface area contributed by atoms with Crippen molar-refractivity contribution in [1.82, 2.24) is 24.3 Å². The van der Waals surface area contributed by atoms with Crippen molar-refractivity contribution in [2.75, 3.05) is 20.2 Å². The molecule has 3 amide bonds. The zero-order chi connectivity index (χ0) is 29.8. The van der Waals surface area contributed by atoms with Crippen molar-refractivity contribution >= 4 is 28.6 Å². The molecule has 0 radical (unpaired) electrons. The van der Waals surface area contributed by atoms with Gasteiger partial charge in [-0.15, -0.1) is 0 Å². The van der Waals surface area contributed by atoms with Gasteiger partial charge in [0.25, 0.3) is 11.8 Å². The summed E-state index contributed by atoms with van der Waals surface area (Å²) in [6.45, 7) is 6.84. The van der Waals surface area contributed by atoms with Gasteiger partial charge in [0.1, 0.15) is 28.9 Å². The van der Waals surface area contributed by atoms with Gasteiger partial charge in [0, 0.05) is 41.9 Å².